The maximum Gasteiger partial charge on any atom is 0.158 e. The van der Waals surface area contributed by atoms with E-state index in [1.807, 2.05) is 0 Å². The molecule has 29 heavy (non-hydrogen) atoms. The molecule has 2 aliphatic carbocycles. The molecule has 1 aromatic rings. The van der Waals surface area contributed by atoms with E-state index >= 15 is 0 Å². The van der Waals surface area contributed by atoms with Crippen LogP contribution in [0.5, 0.6) is 0 Å². The Balaban J connectivity index is 1.21. The highest BCUT2D eigenvalue weighted by atomic mass is 16.7. The third kappa shape index (κ3) is 4.03. The lowest BCUT2D eigenvalue weighted by atomic mass is 9.67. The number of ether oxygens (including phenoxy) is 2. The summed E-state index contributed by atoms with van der Waals surface area (Å²) in [5.41, 5.74) is 1.94. The maximum absolute atomic E-state index is 6.55. The Morgan fingerprint density at radius 3 is 2.55 bits per heavy atom. The van der Waals surface area contributed by atoms with Gasteiger partial charge >= 0.3 is 0 Å². The highest BCUT2D eigenvalue weighted by Crippen LogP contribution is 2.60. The van der Waals surface area contributed by atoms with Crippen LogP contribution in [-0.2, 0) is 16.0 Å². The third-order valence-corrected chi connectivity index (χ3v) is 9.03. The van der Waals surface area contributed by atoms with Crippen molar-refractivity contribution in [3.63, 3.8) is 0 Å². The van der Waals surface area contributed by atoms with Gasteiger partial charge in [0.1, 0.15) is 19.2 Å². The minimum Gasteiger partial charge on any atom is -0.350 e. The number of benzene rings is 1. The summed E-state index contributed by atoms with van der Waals surface area (Å²) in [6, 6.07) is 11.1. The molecule has 3 heteroatoms. The predicted octanol–water partition coefficient (Wildman–Crippen LogP) is 5.39. The largest absolute Gasteiger partial charge is 0.350 e. The van der Waals surface area contributed by atoms with E-state index < -0.39 is 0 Å². The van der Waals surface area contributed by atoms with Gasteiger partial charge in [-0.1, -0.05) is 44.2 Å². The van der Waals surface area contributed by atoms with E-state index in [0.29, 0.717) is 5.41 Å². The standard InChI is InChI=1S/C26H40NO2/c1-26(2)22-12-11-21(15-22)24(26)16-25-28-19-23(29-25)18-27(13-7-4-8-14-27)17-20-9-5-3-6-10-20/h3,5-6,9-10,21-25H,4,7-8,11-19H2,1-2H3/q+1/t21-,22+,23-,24+,25-/m0/s1. The Morgan fingerprint density at radius 2 is 1.83 bits per heavy atom. The van der Waals surface area contributed by atoms with Gasteiger partial charge in [-0.2, -0.15) is 0 Å². The van der Waals surface area contributed by atoms with Crippen molar-refractivity contribution in [2.45, 2.75) is 77.7 Å². The molecular formula is C26H40NO2+. The summed E-state index contributed by atoms with van der Waals surface area (Å²) in [7, 11) is 0. The van der Waals surface area contributed by atoms with Crippen molar-refractivity contribution in [3.05, 3.63) is 35.9 Å². The third-order valence-electron chi connectivity index (χ3n) is 9.03. The fourth-order valence-corrected chi connectivity index (χ4v) is 7.39. The Bertz CT molecular complexity index is 681. The number of rotatable bonds is 6. The second-order valence-electron chi connectivity index (χ2n) is 11.1. The van der Waals surface area contributed by atoms with Gasteiger partial charge in [-0.25, -0.2) is 0 Å². The molecule has 2 saturated heterocycles. The summed E-state index contributed by atoms with van der Waals surface area (Å²) in [5, 5.41) is 0. The van der Waals surface area contributed by atoms with Crippen LogP contribution in [0.15, 0.2) is 30.3 Å². The summed E-state index contributed by atoms with van der Waals surface area (Å²) in [4.78, 5) is 0. The number of hydrogen-bond donors (Lipinski definition) is 0. The van der Waals surface area contributed by atoms with Gasteiger partial charge in [-0.15, -0.1) is 0 Å². The number of fused-ring (bicyclic) bond motifs is 2. The summed E-state index contributed by atoms with van der Waals surface area (Å²) in [5.74, 6) is 2.63. The molecule has 0 aromatic heterocycles. The van der Waals surface area contributed by atoms with Gasteiger partial charge in [0.15, 0.2) is 6.29 Å². The van der Waals surface area contributed by atoms with Gasteiger partial charge in [-0.05, 0) is 61.7 Å². The number of hydrogen-bond acceptors (Lipinski definition) is 2. The van der Waals surface area contributed by atoms with Crippen LogP contribution < -0.4 is 0 Å². The molecule has 0 spiro atoms. The zero-order chi connectivity index (χ0) is 19.9. The Labute approximate surface area is 177 Å². The molecule has 0 unspecified atom stereocenters. The van der Waals surface area contributed by atoms with Crippen molar-refractivity contribution >= 4 is 0 Å². The monoisotopic (exact) mass is 398 g/mol. The van der Waals surface area contributed by atoms with E-state index in [1.165, 1.54) is 61.7 Å². The molecule has 0 radical (unpaired) electrons. The van der Waals surface area contributed by atoms with Crippen molar-refractivity contribution in [2.24, 2.45) is 23.2 Å². The van der Waals surface area contributed by atoms with E-state index in [1.54, 1.807) is 0 Å². The van der Waals surface area contributed by atoms with Crippen molar-refractivity contribution < 1.29 is 14.0 Å². The molecule has 0 N–H and O–H groups in total. The smallest absolute Gasteiger partial charge is 0.158 e. The zero-order valence-corrected chi connectivity index (χ0v) is 18.5. The van der Waals surface area contributed by atoms with Crippen molar-refractivity contribution in [1.82, 2.24) is 0 Å². The molecule has 5 rings (SSSR count). The van der Waals surface area contributed by atoms with E-state index in [4.69, 9.17) is 9.47 Å². The first kappa shape index (κ1) is 20.0. The van der Waals surface area contributed by atoms with Gasteiger partial charge in [0.05, 0.1) is 19.7 Å². The first-order valence-corrected chi connectivity index (χ1v) is 12.2. The molecule has 0 amide bonds. The van der Waals surface area contributed by atoms with Crippen LogP contribution in [0, 0.1) is 23.2 Å². The second kappa shape index (κ2) is 7.98. The number of nitrogens with zero attached hydrogens (tertiary/aromatic N) is 1. The average molecular weight is 399 g/mol. The van der Waals surface area contributed by atoms with Gasteiger partial charge in [0.25, 0.3) is 0 Å². The molecule has 2 heterocycles. The lowest BCUT2D eigenvalue weighted by Gasteiger charge is -2.43. The molecule has 4 fully saturated rings. The number of quaternary nitrogens is 1. The summed E-state index contributed by atoms with van der Waals surface area (Å²) >= 11 is 0. The number of piperidine rings is 1. The van der Waals surface area contributed by atoms with Gasteiger partial charge in [0.2, 0.25) is 0 Å². The summed E-state index contributed by atoms with van der Waals surface area (Å²) in [6.07, 6.45) is 9.84. The van der Waals surface area contributed by atoms with E-state index in [9.17, 15) is 0 Å². The molecular weight excluding hydrogens is 358 g/mol. The topological polar surface area (TPSA) is 18.5 Å². The highest BCUT2D eigenvalue weighted by molar-refractivity contribution is 5.13. The number of likely N-dealkylation sites (tertiary alicyclic amines) is 1. The Hall–Kier alpha value is -0.900. The van der Waals surface area contributed by atoms with Crippen LogP contribution in [-0.4, -0.2) is 43.1 Å². The minimum atomic E-state index is 0.0326. The van der Waals surface area contributed by atoms with Crippen LogP contribution in [0.3, 0.4) is 0 Å². The van der Waals surface area contributed by atoms with Gasteiger partial charge in [-0.3, -0.25) is 0 Å². The van der Waals surface area contributed by atoms with E-state index in [0.717, 1.165) is 43.9 Å². The average Bonchev–Trinajstić information content (AvgIpc) is 3.41. The van der Waals surface area contributed by atoms with Crippen LogP contribution in [0.2, 0.25) is 0 Å². The maximum atomic E-state index is 6.55. The molecule has 5 atom stereocenters. The molecule has 2 bridgehead atoms. The Morgan fingerprint density at radius 1 is 1.03 bits per heavy atom. The molecule has 2 aliphatic heterocycles. The molecule has 160 valence electrons. The molecule has 4 aliphatic rings. The normalized spacial score (nSPS) is 37.8. The van der Waals surface area contributed by atoms with Gasteiger partial charge in [0, 0.05) is 12.0 Å². The molecule has 2 saturated carbocycles. The van der Waals surface area contributed by atoms with Crippen LogP contribution in [0.1, 0.15) is 64.4 Å². The first-order chi connectivity index (χ1) is 14.0. The Kier molecular flexibility index (Phi) is 5.51. The van der Waals surface area contributed by atoms with Crippen LogP contribution in [0.25, 0.3) is 0 Å². The van der Waals surface area contributed by atoms with E-state index in [-0.39, 0.29) is 12.4 Å². The van der Waals surface area contributed by atoms with Crippen LogP contribution >= 0.6 is 0 Å². The van der Waals surface area contributed by atoms with Crippen molar-refractivity contribution in [3.8, 4) is 0 Å². The predicted molar refractivity (Wildman–Crippen MR) is 116 cm³/mol. The fraction of sp³-hybridized carbons (Fsp3) is 0.769. The highest BCUT2D eigenvalue weighted by Gasteiger charge is 2.53. The van der Waals surface area contributed by atoms with Crippen molar-refractivity contribution in [1.29, 1.82) is 0 Å². The quantitative estimate of drug-likeness (QED) is 0.598. The molecule has 1 aromatic carbocycles. The summed E-state index contributed by atoms with van der Waals surface area (Å²) < 4.78 is 14.0. The van der Waals surface area contributed by atoms with Crippen molar-refractivity contribution in [2.75, 3.05) is 26.2 Å². The summed E-state index contributed by atoms with van der Waals surface area (Å²) in [6.45, 7) is 10.6. The molecule has 3 nitrogen and oxygen atoms in total. The van der Waals surface area contributed by atoms with E-state index in [2.05, 4.69) is 44.2 Å². The van der Waals surface area contributed by atoms with Gasteiger partial charge < -0.3 is 14.0 Å². The SMILES string of the molecule is CC1(C)[C@@H]2CC[C@@H](C2)[C@H]1C[C@H]1OC[C@H](C[N+]2(Cc3ccccc3)CCCCC2)O1. The second-order valence-corrected chi connectivity index (χ2v) is 11.1. The fourth-order valence-electron chi connectivity index (χ4n) is 7.39. The minimum absolute atomic E-state index is 0.0326. The first-order valence-electron chi connectivity index (χ1n) is 12.2. The zero-order valence-electron chi connectivity index (χ0n) is 18.5. The lowest BCUT2D eigenvalue weighted by molar-refractivity contribution is -0.947. The lowest BCUT2D eigenvalue weighted by Crippen LogP contribution is -2.54. The van der Waals surface area contributed by atoms with Crippen LogP contribution in [0.4, 0.5) is 0 Å².